The average molecular weight is 738 g/mol. The van der Waals surface area contributed by atoms with Crippen LogP contribution in [0.5, 0.6) is 0 Å². The number of fused-ring (bicyclic) bond motifs is 9. The van der Waals surface area contributed by atoms with Crippen LogP contribution in [0.1, 0.15) is 97.5 Å². The molecule has 276 valence electrons. The maximum absolute atomic E-state index is 7.10. The number of allylic oxidation sites excluding steroid dienone is 6. The van der Waals surface area contributed by atoms with E-state index in [0.717, 1.165) is 62.5 Å². The number of nitrogens with one attached hydrogen (secondary N) is 1. The van der Waals surface area contributed by atoms with E-state index in [4.69, 9.17) is 18.4 Å². The van der Waals surface area contributed by atoms with Crippen molar-refractivity contribution >= 4 is 68.8 Å². The first-order valence-corrected chi connectivity index (χ1v) is 20.2. The van der Waals surface area contributed by atoms with Crippen molar-refractivity contribution in [1.29, 1.82) is 0 Å². The van der Waals surface area contributed by atoms with Crippen molar-refractivity contribution in [2.75, 3.05) is 4.90 Å². The van der Waals surface area contributed by atoms with E-state index in [9.17, 15) is 0 Å². The summed E-state index contributed by atoms with van der Waals surface area (Å²) in [5.41, 5.74) is 28.5. The highest BCUT2D eigenvalue weighted by molar-refractivity contribution is 7.80. The van der Waals surface area contributed by atoms with Crippen molar-refractivity contribution in [3.63, 3.8) is 0 Å². The molecule has 4 heteroatoms. The number of hydrogen-bond acceptors (Lipinski definition) is 3. The number of hydrogen-bond donors (Lipinski definition) is 3. The van der Waals surface area contributed by atoms with Crippen LogP contribution in [-0.2, 0) is 17.3 Å². The molecule has 6 aromatic rings. The number of nitrogens with two attached hydrogens (primary N) is 1. The number of H-pyrrole nitrogens is 1. The normalized spacial score (nSPS) is 19.8. The fourth-order valence-electron chi connectivity index (χ4n) is 9.73. The Kier molecular flexibility index (Phi) is 8.18. The van der Waals surface area contributed by atoms with E-state index in [2.05, 4.69) is 168 Å². The first-order valence-electron chi connectivity index (χ1n) is 19.7. The average Bonchev–Trinajstić information content (AvgIpc) is 3.68. The lowest BCUT2D eigenvalue weighted by atomic mass is 9.63. The number of aromatic amines is 1. The Balaban J connectivity index is 1.47. The van der Waals surface area contributed by atoms with E-state index >= 15 is 0 Å². The van der Waals surface area contributed by atoms with Gasteiger partial charge in [0.2, 0.25) is 0 Å². The van der Waals surface area contributed by atoms with E-state index in [1.54, 1.807) is 0 Å². The Morgan fingerprint density at radius 3 is 2.18 bits per heavy atom. The van der Waals surface area contributed by atoms with Crippen LogP contribution in [0.25, 0.3) is 39.2 Å². The Labute approximate surface area is 331 Å². The van der Waals surface area contributed by atoms with E-state index in [1.165, 1.54) is 73.0 Å². The molecule has 0 amide bonds. The van der Waals surface area contributed by atoms with Gasteiger partial charge in [0, 0.05) is 50.1 Å². The van der Waals surface area contributed by atoms with Gasteiger partial charge in [-0.05, 0) is 131 Å². The molecular weight excluding hydrogens is 687 g/mol. The predicted molar refractivity (Wildman–Crippen MR) is 239 cm³/mol. The molecule has 0 atom stereocenters. The fraction of sp³-hybridized carbons (Fsp3) is 0.255. The van der Waals surface area contributed by atoms with Crippen molar-refractivity contribution in [2.45, 2.75) is 90.4 Å². The summed E-state index contributed by atoms with van der Waals surface area (Å²) < 4.78 is 0. The van der Waals surface area contributed by atoms with Gasteiger partial charge >= 0.3 is 0 Å². The lowest BCUT2D eigenvalue weighted by Crippen LogP contribution is -2.34. The Morgan fingerprint density at radius 2 is 1.42 bits per heavy atom. The lowest BCUT2D eigenvalue weighted by molar-refractivity contribution is 0.332. The third kappa shape index (κ3) is 5.55. The SMILES string of the molecule is C\C1=C(C2=C(N)c3ccccc3C2)/C=C\C=C\c2cc(C)cc(c2S)N(c2cc3c(cc2C)C(C)(C)CCC3(C)C)c2c1c(C)cc1c2[nH]c2ccccc21. The van der Waals surface area contributed by atoms with Crippen LogP contribution in [0.3, 0.4) is 0 Å². The first kappa shape index (κ1) is 35.5. The van der Waals surface area contributed by atoms with Crippen molar-refractivity contribution in [1.82, 2.24) is 4.98 Å². The van der Waals surface area contributed by atoms with E-state index in [-0.39, 0.29) is 10.8 Å². The molecule has 3 N–H and O–H groups in total. The quantitative estimate of drug-likeness (QED) is 0.155. The predicted octanol–water partition coefficient (Wildman–Crippen LogP) is 13.6. The monoisotopic (exact) mass is 737 g/mol. The molecule has 0 unspecified atom stereocenters. The zero-order valence-corrected chi connectivity index (χ0v) is 34.3. The summed E-state index contributed by atoms with van der Waals surface area (Å²) in [6.07, 6.45) is 11.9. The molecule has 0 spiro atoms. The van der Waals surface area contributed by atoms with Crippen LogP contribution >= 0.6 is 12.6 Å². The van der Waals surface area contributed by atoms with Gasteiger partial charge in [-0.1, -0.05) is 107 Å². The minimum absolute atomic E-state index is 0.0330. The van der Waals surface area contributed by atoms with E-state index in [1.807, 2.05) is 0 Å². The van der Waals surface area contributed by atoms with Crippen LogP contribution in [-0.4, -0.2) is 4.98 Å². The second-order valence-electron chi connectivity index (χ2n) is 17.5. The zero-order chi connectivity index (χ0) is 38.6. The van der Waals surface area contributed by atoms with Gasteiger partial charge < -0.3 is 15.6 Å². The third-order valence-corrected chi connectivity index (χ3v) is 13.4. The standard InChI is InChI=1S/C51H51N3S/c1-29-23-34-16-10-11-17-35(38-27-33-15-9-12-18-36(33)46(38)52)32(4)45-31(3)25-39-37-19-13-14-20-42(37)53-47(39)48(45)54(44(24-29)49(34)55)43-28-41-40(26-30(43)2)50(5,6)21-22-51(41,7)8/h9-20,23-26,28,53,55H,21-22,27,52H2,1-8H3/b16-10+,17-11-,35-32-. The Morgan fingerprint density at radius 1 is 0.727 bits per heavy atom. The number of benzene rings is 5. The molecule has 1 aromatic heterocycles. The van der Waals surface area contributed by atoms with Crippen molar-refractivity contribution < 1.29 is 0 Å². The molecule has 5 aromatic carbocycles. The minimum Gasteiger partial charge on any atom is -0.398 e. The van der Waals surface area contributed by atoms with Crippen molar-refractivity contribution in [3.8, 4) is 0 Å². The second kappa shape index (κ2) is 12.7. The highest BCUT2D eigenvalue weighted by Crippen LogP contribution is 2.54. The molecule has 55 heavy (non-hydrogen) atoms. The Bertz CT molecular complexity index is 2740. The largest absolute Gasteiger partial charge is 0.398 e. The first-order chi connectivity index (χ1) is 26.2. The molecule has 0 fully saturated rings. The smallest absolute Gasteiger partial charge is 0.0782 e. The molecule has 0 saturated carbocycles. The maximum atomic E-state index is 7.10. The maximum Gasteiger partial charge on any atom is 0.0782 e. The molecule has 0 saturated heterocycles. The van der Waals surface area contributed by atoms with Gasteiger partial charge in [0.15, 0.2) is 0 Å². The minimum atomic E-state index is 0.0330. The molecule has 3 nitrogen and oxygen atoms in total. The molecule has 2 aliphatic carbocycles. The van der Waals surface area contributed by atoms with E-state index < -0.39 is 0 Å². The summed E-state index contributed by atoms with van der Waals surface area (Å²) >= 11 is 5.41. The zero-order valence-electron chi connectivity index (χ0n) is 33.4. The second-order valence-corrected chi connectivity index (χ2v) is 17.9. The summed E-state index contributed by atoms with van der Waals surface area (Å²) in [7, 11) is 0. The molecule has 3 aliphatic rings. The van der Waals surface area contributed by atoms with Gasteiger partial charge in [0.1, 0.15) is 0 Å². The third-order valence-electron chi connectivity index (χ3n) is 12.9. The highest BCUT2D eigenvalue weighted by Gasteiger charge is 2.39. The van der Waals surface area contributed by atoms with Gasteiger partial charge in [0.05, 0.1) is 16.9 Å². The molecule has 0 radical (unpaired) electrons. The summed E-state index contributed by atoms with van der Waals surface area (Å²) in [5, 5.41) is 2.44. The Hall–Kier alpha value is -5.19. The molecule has 2 bridgehead atoms. The van der Waals surface area contributed by atoms with E-state index in [0.29, 0.717) is 0 Å². The number of thiol groups is 1. The van der Waals surface area contributed by atoms with Crippen LogP contribution in [0, 0.1) is 20.8 Å². The van der Waals surface area contributed by atoms with Crippen molar-refractivity contribution in [3.05, 3.63) is 158 Å². The topological polar surface area (TPSA) is 45.0 Å². The molecule has 9 rings (SSSR count). The summed E-state index contributed by atoms with van der Waals surface area (Å²) in [6, 6.07) is 29.3. The molecule has 1 aliphatic heterocycles. The highest BCUT2D eigenvalue weighted by atomic mass is 32.1. The van der Waals surface area contributed by atoms with Crippen LogP contribution < -0.4 is 10.6 Å². The molecule has 2 heterocycles. The number of para-hydroxylation sites is 1. The number of nitrogens with zero attached hydrogens (tertiary/aromatic N) is 1. The number of aromatic nitrogens is 1. The van der Waals surface area contributed by atoms with Gasteiger partial charge in [-0.15, -0.1) is 12.6 Å². The van der Waals surface area contributed by atoms with Gasteiger partial charge in [-0.2, -0.15) is 0 Å². The molecular formula is C51H51N3S. The van der Waals surface area contributed by atoms with Gasteiger partial charge in [-0.3, -0.25) is 0 Å². The van der Waals surface area contributed by atoms with Gasteiger partial charge in [-0.25, -0.2) is 0 Å². The number of aryl methyl sites for hydroxylation is 3. The summed E-state index contributed by atoms with van der Waals surface area (Å²) in [5.74, 6) is 0. The van der Waals surface area contributed by atoms with Crippen molar-refractivity contribution in [2.24, 2.45) is 5.73 Å². The van der Waals surface area contributed by atoms with Crippen LogP contribution in [0.15, 0.2) is 113 Å². The lowest BCUT2D eigenvalue weighted by Gasteiger charge is -2.43. The number of rotatable bonds is 2. The number of anilines is 3. The fourth-order valence-corrected chi connectivity index (χ4v) is 10.0. The van der Waals surface area contributed by atoms with Gasteiger partial charge in [0.25, 0.3) is 0 Å². The van der Waals surface area contributed by atoms with Crippen LogP contribution in [0.2, 0.25) is 0 Å². The van der Waals surface area contributed by atoms with Crippen LogP contribution in [0.4, 0.5) is 17.1 Å². The summed E-state index contributed by atoms with van der Waals surface area (Å²) in [4.78, 5) is 7.47. The summed E-state index contributed by atoms with van der Waals surface area (Å²) in [6.45, 7) is 18.8.